The van der Waals surface area contributed by atoms with Gasteiger partial charge in [0, 0.05) is 36.9 Å². The van der Waals surface area contributed by atoms with Crippen molar-refractivity contribution in [3.8, 4) is 10.7 Å². The number of nitrogens with one attached hydrogen (secondary N) is 1. The van der Waals surface area contributed by atoms with Crippen LogP contribution in [0.1, 0.15) is 24.1 Å². The minimum absolute atomic E-state index is 0.0681. The molecule has 6 heteroatoms. The van der Waals surface area contributed by atoms with Crippen LogP contribution in [0.5, 0.6) is 0 Å². The quantitative estimate of drug-likeness (QED) is 0.632. The first-order valence-corrected chi connectivity index (χ1v) is 9.20. The summed E-state index contributed by atoms with van der Waals surface area (Å²) < 4.78 is 0. The van der Waals surface area contributed by atoms with Gasteiger partial charge in [0.25, 0.3) is 0 Å². The van der Waals surface area contributed by atoms with Gasteiger partial charge in [0.05, 0.1) is 11.4 Å². The van der Waals surface area contributed by atoms with E-state index in [1.165, 1.54) is 5.56 Å². The maximum absolute atomic E-state index is 11.9. The number of hydrogen-bond acceptors (Lipinski definition) is 5. The summed E-state index contributed by atoms with van der Waals surface area (Å²) in [6.45, 7) is 0.685. The van der Waals surface area contributed by atoms with Gasteiger partial charge in [-0.15, -0.1) is 11.3 Å². The predicted octanol–water partition coefficient (Wildman–Crippen LogP) is 3.28. The summed E-state index contributed by atoms with van der Waals surface area (Å²) in [5, 5.41) is 5.86. The van der Waals surface area contributed by atoms with E-state index < -0.39 is 0 Å². The Labute approximate surface area is 151 Å². The van der Waals surface area contributed by atoms with Crippen LogP contribution in [0.2, 0.25) is 0 Å². The maximum Gasteiger partial charge on any atom is 0.220 e. The SMILES string of the molecule is O=C(CCc1csc(-c2ccccn2)n1)NCCCc1cccnc1. The fraction of sp³-hybridized carbons (Fsp3) is 0.263. The second kappa shape index (κ2) is 9.03. The molecular formula is C19H20N4OS. The number of aromatic nitrogens is 3. The highest BCUT2D eigenvalue weighted by Crippen LogP contribution is 2.21. The van der Waals surface area contributed by atoms with E-state index in [1.807, 2.05) is 35.8 Å². The first kappa shape index (κ1) is 17.2. The third-order valence-electron chi connectivity index (χ3n) is 3.73. The van der Waals surface area contributed by atoms with Crippen LogP contribution in [-0.2, 0) is 17.6 Å². The first-order valence-electron chi connectivity index (χ1n) is 8.32. The van der Waals surface area contributed by atoms with Gasteiger partial charge in [-0.05, 0) is 43.0 Å². The van der Waals surface area contributed by atoms with Gasteiger partial charge in [0.15, 0.2) is 0 Å². The van der Waals surface area contributed by atoms with Gasteiger partial charge in [-0.2, -0.15) is 0 Å². The first-order chi connectivity index (χ1) is 12.3. The summed E-state index contributed by atoms with van der Waals surface area (Å²) in [5.41, 5.74) is 3.01. The van der Waals surface area contributed by atoms with Crippen LogP contribution in [0.4, 0.5) is 0 Å². The van der Waals surface area contributed by atoms with Crippen LogP contribution < -0.4 is 5.32 Å². The number of rotatable bonds is 8. The van der Waals surface area contributed by atoms with Crippen molar-refractivity contribution in [1.29, 1.82) is 0 Å². The monoisotopic (exact) mass is 352 g/mol. The number of aryl methyl sites for hydroxylation is 2. The van der Waals surface area contributed by atoms with Crippen molar-refractivity contribution in [3.05, 3.63) is 65.6 Å². The van der Waals surface area contributed by atoms with Gasteiger partial charge in [0.1, 0.15) is 5.01 Å². The van der Waals surface area contributed by atoms with Crippen molar-refractivity contribution in [2.75, 3.05) is 6.54 Å². The van der Waals surface area contributed by atoms with Crippen LogP contribution in [0, 0.1) is 0 Å². The van der Waals surface area contributed by atoms with Gasteiger partial charge in [-0.3, -0.25) is 14.8 Å². The number of nitrogens with zero attached hydrogens (tertiary/aromatic N) is 3. The lowest BCUT2D eigenvalue weighted by molar-refractivity contribution is -0.121. The number of hydrogen-bond donors (Lipinski definition) is 1. The lowest BCUT2D eigenvalue weighted by Gasteiger charge is -2.04. The van der Waals surface area contributed by atoms with Crippen molar-refractivity contribution in [2.45, 2.75) is 25.7 Å². The molecule has 3 aromatic rings. The van der Waals surface area contributed by atoms with E-state index in [-0.39, 0.29) is 5.91 Å². The zero-order chi connectivity index (χ0) is 17.3. The molecule has 0 radical (unpaired) electrons. The Morgan fingerprint density at radius 3 is 2.88 bits per heavy atom. The second-order valence-electron chi connectivity index (χ2n) is 5.67. The van der Waals surface area contributed by atoms with Gasteiger partial charge in [-0.25, -0.2) is 4.98 Å². The highest BCUT2D eigenvalue weighted by molar-refractivity contribution is 7.13. The Morgan fingerprint density at radius 2 is 2.08 bits per heavy atom. The van der Waals surface area contributed by atoms with Crippen LogP contribution in [0.3, 0.4) is 0 Å². The smallest absolute Gasteiger partial charge is 0.220 e. The Bertz CT molecular complexity index is 789. The van der Waals surface area contributed by atoms with Gasteiger partial charge >= 0.3 is 0 Å². The van der Waals surface area contributed by atoms with Crippen molar-refractivity contribution in [3.63, 3.8) is 0 Å². The standard InChI is InChI=1S/C19H20N4OS/c24-18(22-12-4-6-15-5-3-10-20-13-15)9-8-16-14-25-19(23-16)17-7-1-2-11-21-17/h1-3,5,7,10-11,13-14H,4,6,8-9,12H2,(H,22,24). The minimum Gasteiger partial charge on any atom is -0.356 e. The number of carbonyl (C=O) groups is 1. The van der Waals surface area contributed by atoms with Crippen molar-refractivity contribution >= 4 is 17.2 Å². The Morgan fingerprint density at radius 1 is 1.12 bits per heavy atom. The lowest BCUT2D eigenvalue weighted by atomic mass is 10.1. The van der Waals surface area contributed by atoms with Crippen molar-refractivity contribution in [1.82, 2.24) is 20.3 Å². The zero-order valence-electron chi connectivity index (χ0n) is 13.9. The molecule has 0 fully saturated rings. The number of amides is 1. The van der Waals surface area contributed by atoms with E-state index in [0.29, 0.717) is 19.4 Å². The maximum atomic E-state index is 11.9. The van der Waals surface area contributed by atoms with Gasteiger partial charge < -0.3 is 5.32 Å². The van der Waals surface area contributed by atoms with Crippen molar-refractivity contribution < 1.29 is 4.79 Å². The predicted molar refractivity (Wildman–Crippen MR) is 99.2 cm³/mol. The molecule has 5 nitrogen and oxygen atoms in total. The Kier molecular flexibility index (Phi) is 6.23. The molecule has 0 unspecified atom stereocenters. The molecule has 3 aromatic heterocycles. The molecule has 25 heavy (non-hydrogen) atoms. The molecular weight excluding hydrogens is 332 g/mol. The molecule has 0 aliphatic heterocycles. The van der Waals surface area contributed by atoms with E-state index in [0.717, 1.165) is 29.2 Å². The summed E-state index contributed by atoms with van der Waals surface area (Å²) in [4.78, 5) is 24.9. The van der Waals surface area contributed by atoms with E-state index in [9.17, 15) is 4.79 Å². The van der Waals surface area contributed by atoms with Gasteiger partial charge in [0.2, 0.25) is 5.91 Å². The molecule has 0 aromatic carbocycles. The summed E-state index contributed by atoms with van der Waals surface area (Å²) in [6, 6.07) is 9.76. The van der Waals surface area contributed by atoms with E-state index in [4.69, 9.17) is 0 Å². The van der Waals surface area contributed by atoms with E-state index in [2.05, 4.69) is 26.3 Å². The van der Waals surface area contributed by atoms with Crippen LogP contribution >= 0.6 is 11.3 Å². The molecule has 1 amide bonds. The zero-order valence-corrected chi connectivity index (χ0v) is 14.7. The van der Waals surface area contributed by atoms with Crippen LogP contribution in [-0.4, -0.2) is 27.4 Å². The Hall–Kier alpha value is -2.60. The summed E-state index contributed by atoms with van der Waals surface area (Å²) >= 11 is 1.56. The summed E-state index contributed by atoms with van der Waals surface area (Å²) in [7, 11) is 0. The molecule has 1 N–H and O–H groups in total. The molecule has 3 rings (SSSR count). The van der Waals surface area contributed by atoms with Gasteiger partial charge in [-0.1, -0.05) is 12.1 Å². The molecule has 0 saturated heterocycles. The molecule has 0 saturated carbocycles. The topological polar surface area (TPSA) is 67.8 Å². The fourth-order valence-corrected chi connectivity index (χ4v) is 3.25. The molecule has 0 bridgehead atoms. The van der Waals surface area contributed by atoms with Crippen LogP contribution in [0.15, 0.2) is 54.3 Å². The largest absolute Gasteiger partial charge is 0.356 e. The van der Waals surface area contributed by atoms with E-state index >= 15 is 0 Å². The summed E-state index contributed by atoms with van der Waals surface area (Å²) in [5.74, 6) is 0.0681. The van der Waals surface area contributed by atoms with Crippen molar-refractivity contribution in [2.24, 2.45) is 0 Å². The molecule has 0 atom stereocenters. The highest BCUT2D eigenvalue weighted by Gasteiger charge is 2.07. The third-order valence-corrected chi connectivity index (χ3v) is 4.64. The third kappa shape index (κ3) is 5.46. The van der Waals surface area contributed by atoms with E-state index in [1.54, 1.807) is 23.7 Å². The second-order valence-corrected chi connectivity index (χ2v) is 6.53. The average molecular weight is 352 g/mol. The number of pyridine rings is 2. The molecule has 0 spiro atoms. The molecule has 0 aliphatic carbocycles. The van der Waals surface area contributed by atoms with Crippen LogP contribution in [0.25, 0.3) is 10.7 Å². The highest BCUT2D eigenvalue weighted by atomic mass is 32.1. The minimum atomic E-state index is 0.0681. The fourth-order valence-electron chi connectivity index (χ4n) is 2.43. The normalized spacial score (nSPS) is 10.6. The molecule has 128 valence electrons. The average Bonchev–Trinajstić information content (AvgIpc) is 3.14. The Balaban J connectivity index is 1.37. The molecule has 0 aliphatic rings. The summed E-state index contributed by atoms with van der Waals surface area (Å²) in [6.07, 6.45) is 8.34. The molecule has 3 heterocycles. The number of carbonyl (C=O) groups excluding carboxylic acids is 1. The number of thiazole rings is 1. The lowest BCUT2D eigenvalue weighted by Crippen LogP contribution is -2.25.